The first-order valence-electron chi connectivity index (χ1n) is 15.4. The van der Waals surface area contributed by atoms with Gasteiger partial charge in [0.25, 0.3) is 5.91 Å². The maximum absolute atomic E-state index is 13.2. The maximum atomic E-state index is 13.2. The molecule has 2 saturated heterocycles. The van der Waals surface area contributed by atoms with Gasteiger partial charge in [0.15, 0.2) is 5.82 Å². The molecule has 10 nitrogen and oxygen atoms in total. The van der Waals surface area contributed by atoms with Crippen LogP contribution in [0, 0.1) is 5.41 Å². The van der Waals surface area contributed by atoms with E-state index in [1.807, 2.05) is 12.1 Å². The van der Waals surface area contributed by atoms with Crippen molar-refractivity contribution in [2.75, 3.05) is 36.2 Å². The lowest BCUT2D eigenvalue weighted by Crippen LogP contribution is -2.55. The highest BCUT2D eigenvalue weighted by Crippen LogP contribution is 2.51. The summed E-state index contributed by atoms with van der Waals surface area (Å²) in [5.41, 5.74) is 1.63. The topological polar surface area (TPSA) is 112 Å². The zero-order valence-electron chi connectivity index (χ0n) is 24.1. The summed E-state index contributed by atoms with van der Waals surface area (Å²) in [6, 6.07) is 7.15. The third kappa shape index (κ3) is 5.00. The van der Waals surface area contributed by atoms with Gasteiger partial charge in [-0.15, -0.1) is 0 Å². The maximum Gasteiger partial charge on any atom is 0.251 e. The van der Waals surface area contributed by atoms with Crippen molar-refractivity contribution in [2.45, 2.75) is 94.8 Å². The predicted octanol–water partition coefficient (Wildman–Crippen LogP) is 4.46. The average Bonchev–Trinajstić information content (AvgIpc) is 3.58. The lowest BCUT2D eigenvalue weighted by atomic mass is 9.82. The summed E-state index contributed by atoms with van der Waals surface area (Å²) in [6.07, 6.45) is 13.9. The van der Waals surface area contributed by atoms with E-state index in [9.17, 15) is 9.59 Å². The number of ether oxygens (including phenoxy) is 1. The van der Waals surface area contributed by atoms with Crippen molar-refractivity contribution in [3.63, 3.8) is 0 Å². The van der Waals surface area contributed by atoms with Crippen LogP contribution in [0.5, 0.6) is 5.75 Å². The van der Waals surface area contributed by atoms with Crippen LogP contribution < -0.4 is 25.6 Å². The lowest BCUT2D eigenvalue weighted by Gasteiger charge is -2.47. The molecular weight excluding hydrogens is 518 g/mol. The van der Waals surface area contributed by atoms with E-state index in [-0.39, 0.29) is 23.3 Å². The van der Waals surface area contributed by atoms with Gasteiger partial charge in [-0.3, -0.25) is 9.59 Å². The minimum atomic E-state index is -0.303. The van der Waals surface area contributed by atoms with E-state index in [2.05, 4.69) is 37.8 Å². The summed E-state index contributed by atoms with van der Waals surface area (Å²) in [7, 11) is 3.83. The van der Waals surface area contributed by atoms with Crippen molar-refractivity contribution in [1.82, 2.24) is 20.2 Å². The second-order valence-electron chi connectivity index (χ2n) is 12.8. The van der Waals surface area contributed by atoms with Gasteiger partial charge in [0.2, 0.25) is 11.9 Å². The third-order valence-electron chi connectivity index (χ3n) is 10.2. The summed E-state index contributed by atoms with van der Waals surface area (Å²) < 4.78 is 5.69. The number of fused-ring (bicyclic) bond motifs is 3. The average molecular weight is 560 g/mol. The number of carbonyl (C=O) groups is 2. The molecule has 1 aromatic carbocycles. The molecule has 10 heteroatoms. The number of methoxy groups -OCH3 is 1. The molecule has 218 valence electrons. The number of benzene rings is 1. The summed E-state index contributed by atoms with van der Waals surface area (Å²) >= 11 is 0. The minimum Gasteiger partial charge on any atom is -0.495 e. The number of nitrogens with one attached hydrogen (secondary N) is 3. The van der Waals surface area contributed by atoms with Crippen molar-refractivity contribution in [3.8, 4) is 5.75 Å². The van der Waals surface area contributed by atoms with Gasteiger partial charge in [-0.1, -0.05) is 19.3 Å². The number of hydrogen-bond acceptors (Lipinski definition) is 8. The normalized spacial score (nSPS) is 27.1. The minimum absolute atomic E-state index is 0.0688. The zero-order chi connectivity index (χ0) is 28.1. The highest BCUT2D eigenvalue weighted by Gasteiger charge is 2.53. The van der Waals surface area contributed by atoms with E-state index >= 15 is 0 Å². The van der Waals surface area contributed by atoms with Gasteiger partial charge in [0, 0.05) is 36.3 Å². The molecule has 2 atom stereocenters. The van der Waals surface area contributed by atoms with Gasteiger partial charge in [-0.2, -0.15) is 4.98 Å². The molecule has 1 aromatic heterocycles. The van der Waals surface area contributed by atoms with Gasteiger partial charge in [-0.05, 0) is 76.6 Å². The number of nitrogens with zero attached hydrogens (tertiary/aromatic N) is 4. The van der Waals surface area contributed by atoms with Gasteiger partial charge >= 0.3 is 0 Å². The monoisotopic (exact) mass is 559 g/mol. The Labute approximate surface area is 241 Å². The molecule has 2 amide bonds. The Morgan fingerprint density at radius 2 is 1.80 bits per heavy atom. The first-order chi connectivity index (χ1) is 19.9. The number of rotatable bonds is 6. The second-order valence-corrected chi connectivity index (χ2v) is 12.8. The standard InChI is InChI=1S/C31H41N7O3/c1-37-22-8-5-9-23(37)16-20(15-22)33-28(39)19-10-11-24(26(14-19)41-2)35-30-32-17-25-27(36-30)38(21-6-3-4-7-21)18-31(12-13-31)29(40)34-25/h10-11,14,17,20-23H,3-9,12-13,15-16,18H2,1-2H3,(H,33,39)(H,34,40)(H,32,35,36). The fourth-order valence-corrected chi connectivity index (χ4v) is 7.58. The van der Waals surface area contributed by atoms with Crippen LogP contribution in [0.15, 0.2) is 24.4 Å². The number of piperidine rings is 2. The van der Waals surface area contributed by atoms with Crippen LogP contribution >= 0.6 is 0 Å². The van der Waals surface area contributed by atoms with Gasteiger partial charge in [0.1, 0.15) is 11.4 Å². The number of anilines is 4. The van der Waals surface area contributed by atoms with Crippen molar-refractivity contribution < 1.29 is 14.3 Å². The molecule has 2 aromatic rings. The molecule has 4 heterocycles. The van der Waals surface area contributed by atoms with E-state index in [4.69, 9.17) is 9.72 Å². The Bertz CT molecular complexity index is 1320. The quantitative estimate of drug-likeness (QED) is 0.476. The summed E-state index contributed by atoms with van der Waals surface area (Å²) in [5.74, 6) is 1.78. The first kappa shape index (κ1) is 26.5. The van der Waals surface area contributed by atoms with Gasteiger partial charge in [0.05, 0.1) is 24.4 Å². The second kappa shape index (κ2) is 10.5. The smallest absolute Gasteiger partial charge is 0.251 e. The van der Waals surface area contributed by atoms with Crippen molar-refractivity contribution in [2.24, 2.45) is 5.41 Å². The van der Waals surface area contributed by atoms with Crippen LogP contribution in [0.4, 0.5) is 23.1 Å². The van der Waals surface area contributed by atoms with Crippen molar-refractivity contribution in [3.05, 3.63) is 30.0 Å². The first-order valence-corrected chi connectivity index (χ1v) is 15.4. The van der Waals surface area contributed by atoms with Crippen molar-refractivity contribution in [1.29, 1.82) is 0 Å². The number of carbonyl (C=O) groups excluding carboxylic acids is 2. The molecule has 2 aliphatic carbocycles. The molecular formula is C31H41N7O3. The Morgan fingerprint density at radius 1 is 1.07 bits per heavy atom. The summed E-state index contributed by atoms with van der Waals surface area (Å²) in [5, 5.41) is 9.70. The molecule has 7 rings (SSSR count). The molecule has 1 spiro atoms. The molecule has 5 aliphatic rings. The highest BCUT2D eigenvalue weighted by atomic mass is 16.5. The van der Waals surface area contributed by atoms with Crippen LogP contribution in [-0.2, 0) is 4.79 Å². The fourth-order valence-electron chi connectivity index (χ4n) is 7.58. The van der Waals surface area contributed by atoms with Crippen LogP contribution in [0.2, 0.25) is 0 Å². The molecule has 0 radical (unpaired) electrons. The summed E-state index contributed by atoms with van der Waals surface area (Å²) in [6.45, 7) is 0.707. The van der Waals surface area contributed by atoms with Crippen LogP contribution in [0.1, 0.15) is 81.0 Å². The van der Waals surface area contributed by atoms with Crippen LogP contribution in [0.3, 0.4) is 0 Å². The largest absolute Gasteiger partial charge is 0.495 e. The molecule has 4 fully saturated rings. The van der Waals surface area contributed by atoms with E-state index in [0.29, 0.717) is 53.3 Å². The molecule has 2 saturated carbocycles. The Balaban J connectivity index is 1.09. The fraction of sp³-hybridized carbons (Fsp3) is 0.613. The van der Waals surface area contributed by atoms with Crippen LogP contribution in [0.25, 0.3) is 0 Å². The highest BCUT2D eigenvalue weighted by molar-refractivity contribution is 6.01. The van der Waals surface area contributed by atoms with Crippen molar-refractivity contribution >= 4 is 35.0 Å². The number of hydrogen-bond donors (Lipinski definition) is 3. The molecule has 2 bridgehead atoms. The van der Waals surface area contributed by atoms with Gasteiger partial charge < -0.3 is 30.5 Å². The lowest BCUT2D eigenvalue weighted by molar-refractivity contribution is -0.120. The molecule has 41 heavy (non-hydrogen) atoms. The van der Waals surface area contributed by atoms with E-state index in [1.165, 1.54) is 32.1 Å². The van der Waals surface area contributed by atoms with Gasteiger partial charge in [-0.25, -0.2) is 4.98 Å². The Morgan fingerprint density at radius 3 is 2.51 bits per heavy atom. The zero-order valence-corrected chi connectivity index (χ0v) is 24.1. The van der Waals surface area contributed by atoms with E-state index in [1.54, 1.807) is 19.4 Å². The number of aromatic nitrogens is 2. The molecule has 2 unspecified atom stereocenters. The number of amides is 2. The predicted molar refractivity (Wildman–Crippen MR) is 158 cm³/mol. The van der Waals surface area contributed by atoms with E-state index < -0.39 is 0 Å². The molecule has 3 aliphatic heterocycles. The van der Waals surface area contributed by atoms with E-state index in [0.717, 1.165) is 44.3 Å². The molecule has 3 N–H and O–H groups in total. The SMILES string of the molecule is COc1cc(C(=O)NC2CC3CCCC(C2)N3C)ccc1Nc1ncc2c(n1)N(C1CCCC1)CC1(CC1)C(=O)N2. The Hall–Kier alpha value is -3.40. The van der Waals surface area contributed by atoms with Crippen LogP contribution in [-0.4, -0.2) is 71.6 Å². The Kier molecular flexibility index (Phi) is 6.76. The third-order valence-corrected chi connectivity index (χ3v) is 10.2. The summed E-state index contributed by atoms with van der Waals surface area (Å²) in [4.78, 5) is 40.5.